The van der Waals surface area contributed by atoms with Crippen LogP contribution in [0.4, 0.5) is 8.78 Å². The molecule has 0 radical (unpaired) electrons. The van der Waals surface area contributed by atoms with Crippen molar-refractivity contribution in [1.82, 2.24) is 4.98 Å². The number of ether oxygens (including phenoxy) is 1. The van der Waals surface area contributed by atoms with E-state index in [9.17, 15) is 13.6 Å². The van der Waals surface area contributed by atoms with Crippen molar-refractivity contribution in [1.29, 1.82) is 0 Å². The fourth-order valence-electron chi connectivity index (χ4n) is 1.32. The Morgan fingerprint density at radius 1 is 1.32 bits per heavy atom. The molecule has 1 N–H and O–H groups in total. The Kier molecular flexibility index (Phi) is 3.75. The Bertz CT molecular complexity index is 649. The number of halogens is 3. The molecule has 0 amide bonds. The number of nitrogens with zero attached hydrogens (tertiary/aromatic N) is 1. The summed E-state index contributed by atoms with van der Waals surface area (Å²) in [4.78, 5) is 14.3. The van der Waals surface area contributed by atoms with Crippen LogP contribution < -0.4 is 4.74 Å². The first-order valence-electron chi connectivity index (χ1n) is 4.99. The second kappa shape index (κ2) is 5.31. The van der Waals surface area contributed by atoms with Gasteiger partial charge in [0, 0.05) is 12.3 Å². The van der Waals surface area contributed by atoms with Gasteiger partial charge in [-0.25, -0.2) is 18.6 Å². The molecule has 0 spiro atoms. The van der Waals surface area contributed by atoms with E-state index < -0.39 is 29.0 Å². The molecule has 0 aliphatic heterocycles. The van der Waals surface area contributed by atoms with Crippen molar-refractivity contribution in [2.75, 3.05) is 0 Å². The fraction of sp³-hybridized carbons (Fsp3) is 0. The highest BCUT2D eigenvalue weighted by molar-refractivity contribution is 9.10. The molecule has 1 aromatic heterocycles. The van der Waals surface area contributed by atoms with E-state index in [1.54, 1.807) is 0 Å². The van der Waals surface area contributed by atoms with Crippen molar-refractivity contribution >= 4 is 21.9 Å². The Hall–Kier alpha value is -2.02. The number of pyridine rings is 1. The van der Waals surface area contributed by atoms with Crippen LogP contribution in [-0.4, -0.2) is 16.1 Å². The van der Waals surface area contributed by atoms with Gasteiger partial charge in [-0.1, -0.05) is 0 Å². The van der Waals surface area contributed by atoms with Gasteiger partial charge in [-0.2, -0.15) is 0 Å². The minimum Gasteiger partial charge on any atom is -0.478 e. The van der Waals surface area contributed by atoms with Gasteiger partial charge in [0.25, 0.3) is 5.88 Å². The molecule has 4 nitrogen and oxygen atoms in total. The zero-order valence-corrected chi connectivity index (χ0v) is 10.8. The first-order chi connectivity index (χ1) is 8.99. The molecule has 2 rings (SSSR count). The number of hydrogen-bond donors (Lipinski definition) is 1. The zero-order chi connectivity index (χ0) is 14.0. The van der Waals surface area contributed by atoms with Crippen molar-refractivity contribution in [3.8, 4) is 11.6 Å². The molecule has 7 heteroatoms. The summed E-state index contributed by atoms with van der Waals surface area (Å²) < 4.78 is 32.3. The summed E-state index contributed by atoms with van der Waals surface area (Å²) in [5.74, 6) is -3.68. The van der Waals surface area contributed by atoms with Gasteiger partial charge in [0.2, 0.25) is 0 Å². The summed E-state index contributed by atoms with van der Waals surface area (Å²) in [6.45, 7) is 0. The van der Waals surface area contributed by atoms with Gasteiger partial charge < -0.3 is 9.84 Å². The van der Waals surface area contributed by atoms with Crippen molar-refractivity contribution < 1.29 is 23.4 Å². The van der Waals surface area contributed by atoms with Gasteiger partial charge >= 0.3 is 5.97 Å². The van der Waals surface area contributed by atoms with Gasteiger partial charge in [0.1, 0.15) is 17.1 Å². The molecule has 1 heterocycles. The van der Waals surface area contributed by atoms with Gasteiger partial charge in [-0.15, -0.1) is 0 Å². The lowest BCUT2D eigenvalue weighted by molar-refractivity contribution is 0.0690. The first kappa shape index (κ1) is 13.4. The third kappa shape index (κ3) is 2.87. The summed E-state index contributed by atoms with van der Waals surface area (Å²) in [5.41, 5.74) is -0.572. The Balaban J connectivity index is 2.41. The zero-order valence-electron chi connectivity index (χ0n) is 9.23. The standard InChI is InChI=1S/C12H6BrF2NO3/c13-8-2-1-6(14)5-9(8)19-11-10(15)7(12(17)18)3-4-16-11/h1-5H,(H,17,18). The molecule has 1 aromatic carbocycles. The van der Waals surface area contributed by atoms with Crippen LogP contribution in [0, 0.1) is 11.6 Å². The van der Waals surface area contributed by atoms with Crippen LogP contribution in [0.3, 0.4) is 0 Å². The quantitative estimate of drug-likeness (QED) is 0.934. The van der Waals surface area contributed by atoms with E-state index in [0.29, 0.717) is 4.47 Å². The highest BCUT2D eigenvalue weighted by Gasteiger charge is 2.17. The van der Waals surface area contributed by atoms with Crippen LogP contribution in [0.25, 0.3) is 0 Å². The van der Waals surface area contributed by atoms with Crippen molar-refractivity contribution in [2.45, 2.75) is 0 Å². The average molecular weight is 330 g/mol. The fourth-order valence-corrected chi connectivity index (χ4v) is 1.65. The van der Waals surface area contributed by atoms with Crippen molar-refractivity contribution in [3.63, 3.8) is 0 Å². The van der Waals surface area contributed by atoms with E-state index in [4.69, 9.17) is 9.84 Å². The number of aromatic nitrogens is 1. The number of hydrogen-bond acceptors (Lipinski definition) is 3. The van der Waals surface area contributed by atoms with E-state index in [-0.39, 0.29) is 5.75 Å². The predicted molar refractivity (Wildman–Crippen MR) is 65.3 cm³/mol. The van der Waals surface area contributed by atoms with Gasteiger partial charge in [-0.05, 0) is 34.1 Å². The lowest BCUT2D eigenvalue weighted by atomic mass is 10.2. The molecular weight excluding hydrogens is 324 g/mol. The number of carbonyl (C=O) groups is 1. The molecule has 0 aliphatic rings. The monoisotopic (exact) mass is 329 g/mol. The Labute approximate surface area is 114 Å². The minimum absolute atomic E-state index is 0.00561. The number of aromatic carboxylic acids is 1. The molecular formula is C12H6BrF2NO3. The van der Waals surface area contributed by atoms with Crippen LogP contribution in [0.15, 0.2) is 34.9 Å². The van der Waals surface area contributed by atoms with Gasteiger partial charge in [0.15, 0.2) is 5.82 Å². The lowest BCUT2D eigenvalue weighted by Gasteiger charge is -2.08. The lowest BCUT2D eigenvalue weighted by Crippen LogP contribution is -2.03. The molecule has 0 saturated carbocycles. The van der Waals surface area contributed by atoms with E-state index in [1.807, 2.05) is 0 Å². The highest BCUT2D eigenvalue weighted by atomic mass is 79.9. The average Bonchev–Trinajstić information content (AvgIpc) is 2.36. The second-order valence-electron chi connectivity index (χ2n) is 3.46. The topological polar surface area (TPSA) is 59.4 Å². The SMILES string of the molecule is O=C(O)c1ccnc(Oc2cc(F)ccc2Br)c1F. The number of rotatable bonds is 3. The maximum Gasteiger partial charge on any atom is 0.338 e. The maximum atomic E-state index is 13.8. The molecule has 0 atom stereocenters. The molecule has 0 unspecified atom stereocenters. The van der Waals surface area contributed by atoms with Crippen molar-refractivity contribution in [3.05, 3.63) is 52.1 Å². The summed E-state index contributed by atoms with van der Waals surface area (Å²) in [6.07, 6.45) is 1.09. The van der Waals surface area contributed by atoms with Gasteiger partial charge in [-0.3, -0.25) is 0 Å². The highest BCUT2D eigenvalue weighted by Crippen LogP contribution is 2.31. The maximum absolute atomic E-state index is 13.8. The van der Waals surface area contributed by atoms with E-state index >= 15 is 0 Å². The smallest absolute Gasteiger partial charge is 0.338 e. The molecule has 2 aromatic rings. The number of carboxylic acid groups (broad SMARTS) is 1. The molecule has 19 heavy (non-hydrogen) atoms. The molecule has 0 saturated heterocycles. The number of benzene rings is 1. The molecule has 98 valence electrons. The molecule has 0 aliphatic carbocycles. The van der Waals surface area contributed by atoms with E-state index in [1.165, 1.54) is 12.1 Å². The van der Waals surface area contributed by atoms with Crippen LogP contribution >= 0.6 is 15.9 Å². The third-order valence-corrected chi connectivity index (χ3v) is 2.84. The van der Waals surface area contributed by atoms with Crippen LogP contribution in [-0.2, 0) is 0 Å². The van der Waals surface area contributed by atoms with Crippen LogP contribution in [0.2, 0.25) is 0 Å². The predicted octanol–water partition coefficient (Wildman–Crippen LogP) is 3.61. The van der Waals surface area contributed by atoms with Crippen molar-refractivity contribution in [2.24, 2.45) is 0 Å². The normalized spacial score (nSPS) is 10.3. The summed E-state index contributed by atoms with van der Waals surface area (Å²) in [7, 11) is 0. The Morgan fingerprint density at radius 3 is 2.74 bits per heavy atom. The summed E-state index contributed by atoms with van der Waals surface area (Å²) in [5, 5.41) is 8.76. The largest absolute Gasteiger partial charge is 0.478 e. The van der Waals surface area contributed by atoms with E-state index in [0.717, 1.165) is 18.3 Å². The Morgan fingerprint density at radius 2 is 2.05 bits per heavy atom. The number of carboxylic acids is 1. The van der Waals surface area contributed by atoms with Crippen LogP contribution in [0.5, 0.6) is 11.6 Å². The third-order valence-electron chi connectivity index (χ3n) is 2.19. The first-order valence-corrected chi connectivity index (χ1v) is 5.79. The summed E-state index contributed by atoms with van der Waals surface area (Å²) >= 11 is 3.10. The molecule has 0 bridgehead atoms. The van der Waals surface area contributed by atoms with Crippen LogP contribution in [0.1, 0.15) is 10.4 Å². The molecule has 0 fully saturated rings. The van der Waals surface area contributed by atoms with Gasteiger partial charge in [0.05, 0.1) is 4.47 Å². The van der Waals surface area contributed by atoms with E-state index in [2.05, 4.69) is 20.9 Å². The summed E-state index contributed by atoms with van der Waals surface area (Å²) in [6, 6.07) is 4.60. The minimum atomic E-state index is -1.44. The second-order valence-corrected chi connectivity index (χ2v) is 4.31.